The third kappa shape index (κ3) is 2.71. The normalized spacial score (nSPS) is 24.7. The molecule has 0 bridgehead atoms. The van der Waals surface area contributed by atoms with Crippen LogP contribution in [0.1, 0.15) is 30.4 Å². The van der Waals surface area contributed by atoms with Crippen molar-refractivity contribution < 1.29 is 14.2 Å². The van der Waals surface area contributed by atoms with Gasteiger partial charge in [0.25, 0.3) is 0 Å². The van der Waals surface area contributed by atoms with Gasteiger partial charge < -0.3 is 19.5 Å². The van der Waals surface area contributed by atoms with Crippen LogP contribution in [0.5, 0.6) is 17.2 Å². The second kappa shape index (κ2) is 6.02. The van der Waals surface area contributed by atoms with Crippen molar-refractivity contribution in [1.82, 2.24) is 5.32 Å². The van der Waals surface area contributed by atoms with Gasteiger partial charge in [0.1, 0.15) is 30.5 Å². The van der Waals surface area contributed by atoms with Gasteiger partial charge in [-0.05, 0) is 55.8 Å². The van der Waals surface area contributed by atoms with Crippen LogP contribution in [0.3, 0.4) is 0 Å². The van der Waals surface area contributed by atoms with Crippen LogP contribution in [0.25, 0.3) is 0 Å². The van der Waals surface area contributed by atoms with Crippen LogP contribution in [0.4, 0.5) is 0 Å². The monoisotopic (exact) mass is 325 g/mol. The molecule has 2 atom stereocenters. The molecule has 0 spiro atoms. The van der Waals surface area contributed by atoms with Gasteiger partial charge in [-0.25, -0.2) is 0 Å². The molecule has 2 heterocycles. The highest BCUT2D eigenvalue weighted by Crippen LogP contribution is 2.45. The zero-order chi connectivity index (χ0) is 16.6. The molecule has 24 heavy (non-hydrogen) atoms. The zero-order valence-corrected chi connectivity index (χ0v) is 14.2. The average molecular weight is 325 g/mol. The SMILES string of the molecule is COc1cccc(COc2ccc3c(c2)[C@@H]2CCN[C@]2(C)CO3)c1. The fraction of sp³-hybridized carbons (Fsp3) is 0.400. The Balaban J connectivity index is 1.53. The second-order valence-electron chi connectivity index (χ2n) is 6.81. The van der Waals surface area contributed by atoms with Crippen LogP contribution in [-0.4, -0.2) is 25.8 Å². The van der Waals surface area contributed by atoms with E-state index < -0.39 is 0 Å². The minimum Gasteiger partial charge on any atom is -0.497 e. The summed E-state index contributed by atoms with van der Waals surface area (Å²) in [6.07, 6.45) is 1.15. The van der Waals surface area contributed by atoms with Crippen LogP contribution in [0, 0.1) is 0 Å². The molecule has 2 aromatic rings. The number of fused-ring (bicyclic) bond motifs is 3. The maximum atomic E-state index is 6.01. The van der Waals surface area contributed by atoms with Crippen LogP contribution < -0.4 is 19.5 Å². The molecule has 0 radical (unpaired) electrons. The third-order valence-electron chi connectivity index (χ3n) is 5.15. The lowest BCUT2D eigenvalue weighted by atomic mass is 9.80. The zero-order valence-electron chi connectivity index (χ0n) is 14.2. The Kier molecular flexibility index (Phi) is 3.85. The van der Waals surface area contributed by atoms with E-state index in [1.807, 2.05) is 36.4 Å². The Labute approximate surface area is 142 Å². The second-order valence-corrected chi connectivity index (χ2v) is 6.81. The van der Waals surface area contributed by atoms with E-state index in [2.05, 4.69) is 18.3 Å². The molecule has 1 N–H and O–H groups in total. The lowest BCUT2D eigenvalue weighted by Gasteiger charge is -2.37. The lowest BCUT2D eigenvalue weighted by Crippen LogP contribution is -2.48. The summed E-state index contributed by atoms with van der Waals surface area (Å²) < 4.78 is 17.2. The number of hydrogen-bond acceptors (Lipinski definition) is 4. The topological polar surface area (TPSA) is 39.7 Å². The van der Waals surface area contributed by atoms with Crippen molar-refractivity contribution in [1.29, 1.82) is 0 Å². The highest BCUT2D eigenvalue weighted by atomic mass is 16.5. The number of ether oxygens (including phenoxy) is 3. The number of nitrogens with one attached hydrogen (secondary N) is 1. The van der Waals surface area contributed by atoms with E-state index in [0.717, 1.165) is 42.4 Å². The fourth-order valence-electron chi connectivity index (χ4n) is 3.77. The molecular weight excluding hydrogens is 302 g/mol. The van der Waals surface area contributed by atoms with Gasteiger partial charge in [-0.15, -0.1) is 0 Å². The first-order chi connectivity index (χ1) is 11.7. The highest BCUT2D eigenvalue weighted by molar-refractivity contribution is 5.46. The first kappa shape index (κ1) is 15.3. The summed E-state index contributed by atoms with van der Waals surface area (Å²) in [6, 6.07) is 14.1. The Morgan fingerprint density at radius 1 is 1.21 bits per heavy atom. The standard InChI is InChI=1S/C20H23NO3/c1-20-13-24-19-7-6-16(11-17(19)18(20)8-9-21-20)23-12-14-4-3-5-15(10-14)22-2/h3-7,10-11,18,21H,8-9,12-13H2,1-2H3/t18-,20+/m0/s1. The first-order valence-corrected chi connectivity index (χ1v) is 8.45. The van der Waals surface area contributed by atoms with Crippen LogP contribution >= 0.6 is 0 Å². The molecule has 1 fully saturated rings. The van der Waals surface area contributed by atoms with E-state index in [-0.39, 0.29) is 5.54 Å². The van der Waals surface area contributed by atoms with E-state index in [1.54, 1.807) is 7.11 Å². The first-order valence-electron chi connectivity index (χ1n) is 8.45. The number of hydrogen-bond donors (Lipinski definition) is 1. The van der Waals surface area contributed by atoms with Gasteiger partial charge >= 0.3 is 0 Å². The van der Waals surface area contributed by atoms with Gasteiger partial charge in [0, 0.05) is 11.5 Å². The molecule has 126 valence electrons. The molecule has 0 aromatic heterocycles. The molecule has 0 unspecified atom stereocenters. The number of benzene rings is 2. The van der Waals surface area contributed by atoms with Crippen molar-refractivity contribution >= 4 is 0 Å². The Bertz CT molecular complexity index is 745. The summed E-state index contributed by atoms with van der Waals surface area (Å²) in [5.74, 6) is 3.22. The summed E-state index contributed by atoms with van der Waals surface area (Å²) in [6.45, 7) is 4.54. The smallest absolute Gasteiger partial charge is 0.123 e. The van der Waals surface area contributed by atoms with E-state index in [0.29, 0.717) is 12.5 Å². The summed E-state index contributed by atoms with van der Waals surface area (Å²) in [5.41, 5.74) is 2.39. The van der Waals surface area contributed by atoms with Gasteiger partial charge in [-0.2, -0.15) is 0 Å². The van der Waals surface area contributed by atoms with E-state index in [1.165, 1.54) is 5.56 Å². The molecule has 0 aliphatic carbocycles. The van der Waals surface area contributed by atoms with Crippen molar-refractivity contribution in [2.24, 2.45) is 0 Å². The van der Waals surface area contributed by atoms with Gasteiger partial charge in [0.05, 0.1) is 12.6 Å². The predicted molar refractivity (Wildman–Crippen MR) is 93.0 cm³/mol. The van der Waals surface area contributed by atoms with Crippen LogP contribution in [0.15, 0.2) is 42.5 Å². The molecular formula is C20H23NO3. The molecule has 0 saturated carbocycles. The Morgan fingerprint density at radius 3 is 3.00 bits per heavy atom. The van der Waals surface area contributed by atoms with Crippen molar-refractivity contribution in [2.75, 3.05) is 20.3 Å². The van der Waals surface area contributed by atoms with Crippen molar-refractivity contribution in [2.45, 2.75) is 31.4 Å². The van der Waals surface area contributed by atoms with Crippen molar-refractivity contribution in [3.8, 4) is 17.2 Å². The molecule has 1 saturated heterocycles. The Hall–Kier alpha value is -2.20. The Morgan fingerprint density at radius 2 is 2.12 bits per heavy atom. The largest absolute Gasteiger partial charge is 0.497 e. The highest BCUT2D eigenvalue weighted by Gasteiger charge is 2.44. The summed E-state index contributed by atoms with van der Waals surface area (Å²) in [4.78, 5) is 0. The minimum absolute atomic E-state index is 0.0401. The molecule has 4 heteroatoms. The summed E-state index contributed by atoms with van der Waals surface area (Å²) in [7, 11) is 1.68. The lowest BCUT2D eigenvalue weighted by molar-refractivity contribution is 0.170. The van der Waals surface area contributed by atoms with Gasteiger partial charge in [-0.3, -0.25) is 0 Å². The maximum Gasteiger partial charge on any atom is 0.123 e. The average Bonchev–Trinajstić information content (AvgIpc) is 3.02. The summed E-state index contributed by atoms with van der Waals surface area (Å²) in [5, 5.41) is 3.59. The quantitative estimate of drug-likeness (QED) is 0.934. The van der Waals surface area contributed by atoms with Crippen LogP contribution in [-0.2, 0) is 6.61 Å². The van der Waals surface area contributed by atoms with Gasteiger partial charge in [0.2, 0.25) is 0 Å². The molecule has 2 aromatic carbocycles. The number of rotatable bonds is 4. The molecule has 0 amide bonds. The fourth-order valence-corrected chi connectivity index (χ4v) is 3.77. The van der Waals surface area contributed by atoms with E-state index in [4.69, 9.17) is 14.2 Å². The van der Waals surface area contributed by atoms with Gasteiger partial charge in [0.15, 0.2) is 0 Å². The predicted octanol–water partition coefficient (Wildman–Crippen LogP) is 3.50. The third-order valence-corrected chi connectivity index (χ3v) is 5.15. The molecule has 2 aliphatic rings. The van der Waals surface area contributed by atoms with E-state index in [9.17, 15) is 0 Å². The summed E-state index contributed by atoms with van der Waals surface area (Å²) >= 11 is 0. The number of methoxy groups -OCH3 is 1. The van der Waals surface area contributed by atoms with E-state index >= 15 is 0 Å². The maximum absolute atomic E-state index is 6.01. The molecule has 4 nitrogen and oxygen atoms in total. The van der Waals surface area contributed by atoms with Crippen molar-refractivity contribution in [3.05, 3.63) is 53.6 Å². The van der Waals surface area contributed by atoms with Crippen LogP contribution in [0.2, 0.25) is 0 Å². The molecule has 4 rings (SSSR count). The molecule has 2 aliphatic heterocycles. The minimum atomic E-state index is 0.0401. The van der Waals surface area contributed by atoms with Crippen molar-refractivity contribution in [3.63, 3.8) is 0 Å². The van der Waals surface area contributed by atoms with Gasteiger partial charge in [-0.1, -0.05) is 12.1 Å².